The average Bonchev–Trinajstić information content (AvgIpc) is 2.96. The predicted octanol–water partition coefficient (Wildman–Crippen LogP) is 2.05. The summed E-state index contributed by atoms with van der Waals surface area (Å²) in [4.78, 5) is 23.4. The smallest absolute Gasteiger partial charge is 0.307 e. The molecule has 3 N–H and O–H groups in total. The van der Waals surface area contributed by atoms with Gasteiger partial charge in [-0.1, -0.05) is 20.3 Å². The van der Waals surface area contributed by atoms with Crippen molar-refractivity contribution < 1.29 is 14.7 Å². The number of carboxylic acid groups (broad SMARTS) is 1. The van der Waals surface area contributed by atoms with E-state index in [1.165, 1.54) is 0 Å². The maximum absolute atomic E-state index is 12.2. The number of nitrogens with one attached hydrogen (secondary N) is 2. The van der Waals surface area contributed by atoms with E-state index in [0.717, 1.165) is 18.5 Å². The van der Waals surface area contributed by atoms with Gasteiger partial charge in [-0.15, -0.1) is 0 Å². The maximum atomic E-state index is 12.2. The van der Waals surface area contributed by atoms with Gasteiger partial charge in [-0.2, -0.15) is 5.10 Å². The van der Waals surface area contributed by atoms with Gasteiger partial charge in [-0.25, -0.2) is 0 Å². The van der Waals surface area contributed by atoms with E-state index in [9.17, 15) is 14.7 Å². The van der Waals surface area contributed by atoms with Crippen LogP contribution in [0.15, 0.2) is 6.07 Å². The fraction of sp³-hybridized carbons (Fsp3) is 0.643. The molecule has 3 unspecified atom stereocenters. The first-order chi connectivity index (χ1) is 9.51. The maximum Gasteiger partial charge on any atom is 0.307 e. The molecular formula is C14H21N3O3. The zero-order valence-electron chi connectivity index (χ0n) is 11.8. The Morgan fingerprint density at radius 3 is 2.80 bits per heavy atom. The van der Waals surface area contributed by atoms with Crippen LogP contribution in [0.4, 0.5) is 5.82 Å². The summed E-state index contributed by atoms with van der Waals surface area (Å²) in [5.41, 5.74) is 0.970. The fourth-order valence-electron chi connectivity index (χ4n) is 2.90. The number of carboxylic acids is 1. The van der Waals surface area contributed by atoms with Crippen molar-refractivity contribution in [2.75, 3.05) is 5.32 Å². The molecule has 0 spiro atoms. The average molecular weight is 279 g/mol. The van der Waals surface area contributed by atoms with Gasteiger partial charge in [0.1, 0.15) is 0 Å². The molecule has 110 valence electrons. The summed E-state index contributed by atoms with van der Waals surface area (Å²) in [6.07, 6.45) is 3.06. The van der Waals surface area contributed by atoms with Crippen molar-refractivity contribution in [3.05, 3.63) is 11.8 Å². The summed E-state index contributed by atoms with van der Waals surface area (Å²) in [5.74, 6) is -1.43. The minimum atomic E-state index is -0.886. The van der Waals surface area contributed by atoms with E-state index in [1.54, 1.807) is 6.07 Å². The Balaban J connectivity index is 2.01. The Morgan fingerprint density at radius 2 is 2.15 bits per heavy atom. The molecule has 6 nitrogen and oxygen atoms in total. The summed E-state index contributed by atoms with van der Waals surface area (Å²) in [6, 6.07) is 1.80. The zero-order chi connectivity index (χ0) is 14.7. The van der Waals surface area contributed by atoms with E-state index in [4.69, 9.17) is 0 Å². The molecule has 1 aromatic heterocycles. The quantitative estimate of drug-likeness (QED) is 0.768. The molecule has 1 aliphatic rings. The minimum absolute atomic E-state index is 0.240. The third kappa shape index (κ3) is 3.18. The molecule has 6 heteroatoms. The number of anilines is 1. The molecule has 2 rings (SSSR count). The van der Waals surface area contributed by atoms with Crippen molar-refractivity contribution in [2.45, 2.75) is 39.5 Å². The number of hydrogen-bond acceptors (Lipinski definition) is 3. The van der Waals surface area contributed by atoms with Crippen LogP contribution in [0.25, 0.3) is 0 Å². The Bertz CT molecular complexity index is 498. The second kappa shape index (κ2) is 6.07. The number of aryl methyl sites for hydroxylation is 1. The topological polar surface area (TPSA) is 95.1 Å². The highest BCUT2D eigenvalue weighted by molar-refractivity contribution is 5.94. The minimum Gasteiger partial charge on any atom is -0.481 e. The number of aromatic amines is 1. The van der Waals surface area contributed by atoms with Crippen molar-refractivity contribution in [3.63, 3.8) is 0 Å². The fourth-order valence-corrected chi connectivity index (χ4v) is 2.90. The van der Waals surface area contributed by atoms with E-state index in [-0.39, 0.29) is 11.8 Å². The number of hydrogen-bond donors (Lipinski definition) is 3. The lowest BCUT2D eigenvalue weighted by molar-refractivity contribution is -0.145. The van der Waals surface area contributed by atoms with Gasteiger partial charge in [0.2, 0.25) is 5.91 Å². The number of amides is 1. The molecule has 1 fully saturated rings. The van der Waals surface area contributed by atoms with Crippen molar-refractivity contribution in [1.82, 2.24) is 10.2 Å². The highest BCUT2D eigenvalue weighted by Gasteiger charge is 2.41. The first-order valence-electron chi connectivity index (χ1n) is 7.09. The van der Waals surface area contributed by atoms with E-state index >= 15 is 0 Å². The van der Waals surface area contributed by atoms with Gasteiger partial charge in [-0.3, -0.25) is 14.7 Å². The van der Waals surface area contributed by atoms with Crippen molar-refractivity contribution in [3.8, 4) is 0 Å². The summed E-state index contributed by atoms with van der Waals surface area (Å²) in [7, 11) is 0. The summed E-state index contributed by atoms with van der Waals surface area (Å²) >= 11 is 0. The largest absolute Gasteiger partial charge is 0.481 e. The van der Waals surface area contributed by atoms with Crippen LogP contribution < -0.4 is 5.32 Å². The van der Waals surface area contributed by atoms with Crippen LogP contribution in [0.2, 0.25) is 0 Å². The lowest BCUT2D eigenvalue weighted by Gasteiger charge is -2.14. The highest BCUT2D eigenvalue weighted by Crippen LogP contribution is 2.37. The van der Waals surface area contributed by atoms with Gasteiger partial charge in [0.25, 0.3) is 0 Å². The number of rotatable bonds is 5. The summed E-state index contributed by atoms with van der Waals surface area (Å²) in [6.45, 7) is 4.05. The van der Waals surface area contributed by atoms with Crippen molar-refractivity contribution in [1.29, 1.82) is 0 Å². The molecule has 3 atom stereocenters. The molecular weight excluding hydrogens is 258 g/mol. The van der Waals surface area contributed by atoms with E-state index in [2.05, 4.69) is 22.4 Å². The number of aliphatic carboxylic acids is 1. The molecule has 1 amide bonds. The Kier molecular flexibility index (Phi) is 4.42. The van der Waals surface area contributed by atoms with Crippen LogP contribution >= 0.6 is 0 Å². The standard InChI is InChI=1S/C14H21N3O3/c1-3-4-9-7-12(17-16-9)15-13(18)10-5-8(2)6-11(10)14(19)20/h7-8,10-11H,3-6H2,1-2H3,(H,19,20)(H2,15,16,17,18). The monoisotopic (exact) mass is 279 g/mol. The van der Waals surface area contributed by atoms with Crippen LogP contribution in [0, 0.1) is 17.8 Å². The van der Waals surface area contributed by atoms with Gasteiger partial charge in [0.05, 0.1) is 11.8 Å². The molecule has 1 aromatic rings. The normalized spacial score (nSPS) is 25.6. The number of carbonyl (C=O) groups excluding carboxylic acids is 1. The van der Waals surface area contributed by atoms with Gasteiger partial charge in [0, 0.05) is 11.8 Å². The number of nitrogens with zero attached hydrogens (tertiary/aromatic N) is 1. The molecule has 0 radical (unpaired) electrons. The summed E-state index contributed by atoms with van der Waals surface area (Å²) < 4.78 is 0. The van der Waals surface area contributed by atoms with E-state index in [0.29, 0.717) is 18.7 Å². The van der Waals surface area contributed by atoms with Crippen molar-refractivity contribution in [2.24, 2.45) is 17.8 Å². The molecule has 0 aromatic carbocycles. The first-order valence-corrected chi connectivity index (χ1v) is 7.09. The molecule has 20 heavy (non-hydrogen) atoms. The number of aromatic nitrogens is 2. The Hall–Kier alpha value is -1.85. The van der Waals surface area contributed by atoms with Gasteiger partial charge < -0.3 is 10.4 Å². The number of H-pyrrole nitrogens is 1. The van der Waals surface area contributed by atoms with Crippen LogP contribution in [0.1, 0.15) is 38.8 Å². The second-order valence-corrected chi connectivity index (χ2v) is 5.65. The van der Waals surface area contributed by atoms with Crippen LogP contribution in [0.3, 0.4) is 0 Å². The molecule has 1 aliphatic carbocycles. The number of carbonyl (C=O) groups is 2. The highest BCUT2D eigenvalue weighted by atomic mass is 16.4. The van der Waals surface area contributed by atoms with E-state index in [1.807, 2.05) is 6.92 Å². The van der Waals surface area contributed by atoms with Gasteiger partial charge in [0.15, 0.2) is 5.82 Å². The third-order valence-corrected chi connectivity index (χ3v) is 3.85. The molecule has 0 saturated heterocycles. The predicted molar refractivity (Wildman–Crippen MR) is 74.2 cm³/mol. The van der Waals surface area contributed by atoms with Gasteiger partial charge in [-0.05, 0) is 25.2 Å². The Morgan fingerprint density at radius 1 is 1.45 bits per heavy atom. The van der Waals surface area contributed by atoms with Gasteiger partial charge >= 0.3 is 5.97 Å². The van der Waals surface area contributed by atoms with Crippen LogP contribution in [0.5, 0.6) is 0 Å². The zero-order valence-corrected chi connectivity index (χ0v) is 11.8. The molecule has 0 aliphatic heterocycles. The van der Waals surface area contributed by atoms with Crippen LogP contribution in [-0.2, 0) is 16.0 Å². The molecule has 0 bridgehead atoms. The van der Waals surface area contributed by atoms with Crippen LogP contribution in [-0.4, -0.2) is 27.2 Å². The second-order valence-electron chi connectivity index (χ2n) is 5.65. The third-order valence-electron chi connectivity index (χ3n) is 3.85. The molecule has 1 saturated carbocycles. The lowest BCUT2D eigenvalue weighted by Crippen LogP contribution is -2.30. The first kappa shape index (κ1) is 14.6. The molecule has 1 heterocycles. The lowest BCUT2D eigenvalue weighted by atomic mass is 9.95. The van der Waals surface area contributed by atoms with Crippen molar-refractivity contribution >= 4 is 17.7 Å². The SMILES string of the molecule is CCCc1cc(NC(=O)C2CC(C)CC2C(=O)O)n[nH]1. The summed E-state index contributed by atoms with van der Waals surface area (Å²) in [5, 5.41) is 18.8. The Labute approximate surface area is 118 Å². The van der Waals surface area contributed by atoms with E-state index < -0.39 is 17.8 Å².